The zero-order valence-corrected chi connectivity index (χ0v) is 23.1. The number of anilines is 1. The van der Waals surface area contributed by atoms with Gasteiger partial charge in [0.2, 0.25) is 11.8 Å². The summed E-state index contributed by atoms with van der Waals surface area (Å²) in [5.74, 6) is -1.43. The Balaban J connectivity index is 1.83. The maximum Gasteiger partial charge on any atom is 0.238 e. The van der Waals surface area contributed by atoms with Crippen LogP contribution in [0.2, 0.25) is 5.02 Å². The number of allylic oxidation sites excluding steroid dienone is 4. The summed E-state index contributed by atoms with van der Waals surface area (Å²) < 4.78 is 12.9. The van der Waals surface area contributed by atoms with Crippen molar-refractivity contribution in [2.45, 2.75) is 69.4 Å². The van der Waals surface area contributed by atoms with Gasteiger partial charge >= 0.3 is 0 Å². The fraction of sp³-hybridized carbons (Fsp3) is 0.500. The summed E-state index contributed by atoms with van der Waals surface area (Å²) in [6, 6.07) is 3.26. The van der Waals surface area contributed by atoms with Gasteiger partial charge in [0.1, 0.15) is 18.2 Å². The quantitative estimate of drug-likeness (QED) is 0.323. The van der Waals surface area contributed by atoms with Gasteiger partial charge in [-0.05, 0) is 47.6 Å². The predicted molar refractivity (Wildman–Crippen MR) is 147 cm³/mol. The van der Waals surface area contributed by atoms with Crippen molar-refractivity contribution in [2.24, 2.45) is 11.3 Å². The molecule has 1 spiro atoms. The van der Waals surface area contributed by atoms with Crippen molar-refractivity contribution >= 4 is 40.7 Å². The number of aliphatic hydroxyl groups excluding tert-OH is 2. The van der Waals surface area contributed by atoms with Crippen LogP contribution in [0.1, 0.15) is 39.2 Å². The second-order valence-corrected chi connectivity index (χ2v) is 12.5. The van der Waals surface area contributed by atoms with Crippen molar-refractivity contribution in [2.75, 3.05) is 12.0 Å². The lowest BCUT2D eigenvalue weighted by Gasteiger charge is -2.39. The summed E-state index contributed by atoms with van der Waals surface area (Å²) in [4.78, 5) is 27.7. The predicted octanol–water partition coefficient (Wildman–Crippen LogP) is 3.74. The number of carbonyl (C=O) groups excluding carboxylic acids is 2. The molecule has 206 valence electrons. The van der Waals surface area contributed by atoms with Crippen LogP contribution < -0.4 is 16.0 Å². The number of fused-ring (bicyclic) bond motifs is 2. The Labute approximate surface area is 232 Å². The third-order valence-corrected chi connectivity index (χ3v) is 8.11. The highest BCUT2D eigenvalue weighted by Gasteiger charge is 2.65. The summed E-state index contributed by atoms with van der Waals surface area (Å²) in [6.45, 7) is 9.60. The van der Waals surface area contributed by atoms with E-state index in [2.05, 4.69) is 43.3 Å². The maximum absolute atomic E-state index is 14.0. The van der Waals surface area contributed by atoms with Crippen molar-refractivity contribution < 1.29 is 24.2 Å². The molecule has 38 heavy (non-hydrogen) atoms. The van der Waals surface area contributed by atoms with Gasteiger partial charge in [0.05, 0.1) is 18.2 Å². The van der Waals surface area contributed by atoms with Gasteiger partial charge in [-0.2, -0.15) is 0 Å². The van der Waals surface area contributed by atoms with E-state index in [0.717, 1.165) is 0 Å². The van der Waals surface area contributed by atoms with E-state index in [9.17, 15) is 24.2 Å². The molecule has 10 heteroatoms. The molecule has 0 bridgehead atoms. The summed E-state index contributed by atoms with van der Waals surface area (Å²) >= 11 is 12.1. The van der Waals surface area contributed by atoms with Gasteiger partial charge in [-0.3, -0.25) is 9.59 Å². The lowest BCUT2D eigenvalue weighted by Crippen LogP contribution is -2.62. The third-order valence-electron chi connectivity index (χ3n) is 7.65. The highest BCUT2D eigenvalue weighted by atomic mass is 35.5. The smallest absolute Gasteiger partial charge is 0.238 e. The van der Waals surface area contributed by atoms with E-state index in [-0.39, 0.29) is 22.8 Å². The average Bonchev–Trinajstić information content (AvgIpc) is 3.32. The van der Waals surface area contributed by atoms with E-state index in [0.29, 0.717) is 28.3 Å². The molecule has 3 aliphatic rings. The van der Waals surface area contributed by atoms with Gasteiger partial charge in [-0.1, -0.05) is 68.8 Å². The Morgan fingerprint density at radius 3 is 2.66 bits per heavy atom. The molecule has 0 aromatic heterocycles. The maximum atomic E-state index is 14.0. The Hall–Kier alpha value is -2.23. The molecular weight excluding hydrogens is 532 g/mol. The highest BCUT2D eigenvalue weighted by molar-refractivity contribution is 6.31. The zero-order valence-electron chi connectivity index (χ0n) is 21.6. The third kappa shape index (κ3) is 5.17. The van der Waals surface area contributed by atoms with Crippen LogP contribution in [0.15, 0.2) is 53.6 Å². The first-order valence-electron chi connectivity index (χ1n) is 12.6. The monoisotopic (exact) mass is 565 g/mol. The standard InChI is InChI=1S/C28H34Cl2FN3O4/c1-14(6-5-7-16(30)13-31)22-23(25(37)32-19-11-20(35)24(19)36)34-21(12-27(2,3)4)28(22)17-9-8-15(29)10-18(17)33-26(28)38/h5-10,19-24,34-36H,1,11-13H2,2-4H3,(H,32,37)(H,33,38)/b6-5-,16-7+/t19-,20?,21-,22+,23-,24?,28+/m1/s1. The van der Waals surface area contributed by atoms with Crippen LogP contribution in [0.3, 0.4) is 0 Å². The molecule has 0 radical (unpaired) electrons. The van der Waals surface area contributed by atoms with E-state index in [1.54, 1.807) is 24.3 Å². The normalized spacial score (nSPS) is 32.8. The summed E-state index contributed by atoms with van der Waals surface area (Å²) in [5.41, 5.74) is 0.338. The van der Waals surface area contributed by atoms with Gasteiger partial charge in [-0.15, -0.1) is 0 Å². The molecule has 5 N–H and O–H groups in total. The van der Waals surface area contributed by atoms with E-state index < -0.39 is 54.2 Å². The number of alkyl halides is 1. The first kappa shape index (κ1) is 28.8. The number of carbonyl (C=O) groups is 2. The van der Waals surface area contributed by atoms with E-state index >= 15 is 0 Å². The first-order chi connectivity index (χ1) is 17.8. The lowest BCUT2D eigenvalue weighted by atomic mass is 9.62. The number of nitrogens with one attached hydrogen (secondary N) is 3. The number of aliphatic hydroxyl groups is 2. The second-order valence-electron chi connectivity index (χ2n) is 11.5. The average molecular weight is 567 g/mol. The van der Waals surface area contributed by atoms with Crippen molar-refractivity contribution in [3.8, 4) is 0 Å². The molecule has 7 nitrogen and oxygen atoms in total. The van der Waals surface area contributed by atoms with Crippen molar-refractivity contribution in [1.82, 2.24) is 10.6 Å². The van der Waals surface area contributed by atoms with Gasteiger partial charge in [0.15, 0.2) is 0 Å². The summed E-state index contributed by atoms with van der Waals surface area (Å²) in [7, 11) is 0. The minimum atomic E-state index is -1.21. The van der Waals surface area contributed by atoms with E-state index in [1.165, 1.54) is 6.08 Å². The summed E-state index contributed by atoms with van der Waals surface area (Å²) in [5, 5.41) is 29.5. The Morgan fingerprint density at radius 1 is 1.34 bits per heavy atom. The highest BCUT2D eigenvalue weighted by Crippen LogP contribution is 2.55. The first-order valence-corrected chi connectivity index (χ1v) is 13.4. The molecule has 2 fully saturated rings. The SMILES string of the molecule is C=C(/C=C\C=C(\Cl)CF)[C@H]1[C@H](C(=O)N[C@@H]2CC(O)C2O)N[C@H](CC(C)(C)C)[C@]12C(=O)Nc1cc(Cl)ccc12. The van der Waals surface area contributed by atoms with Crippen LogP contribution in [0.25, 0.3) is 0 Å². The number of hydrogen-bond donors (Lipinski definition) is 5. The number of hydrogen-bond acceptors (Lipinski definition) is 5. The van der Waals surface area contributed by atoms with Crippen LogP contribution in [-0.2, 0) is 15.0 Å². The van der Waals surface area contributed by atoms with Crippen LogP contribution in [0, 0.1) is 11.3 Å². The lowest BCUT2D eigenvalue weighted by molar-refractivity contribution is -0.131. The van der Waals surface area contributed by atoms with Crippen LogP contribution in [0.4, 0.5) is 10.1 Å². The topological polar surface area (TPSA) is 111 Å². The fourth-order valence-electron chi connectivity index (χ4n) is 5.93. The summed E-state index contributed by atoms with van der Waals surface area (Å²) in [6.07, 6.45) is 3.41. The van der Waals surface area contributed by atoms with Gasteiger partial charge < -0.3 is 26.2 Å². The van der Waals surface area contributed by atoms with Crippen molar-refractivity contribution in [3.63, 3.8) is 0 Å². The molecule has 2 unspecified atom stereocenters. The second kappa shape index (κ2) is 10.7. The van der Waals surface area contributed by atoms with Crippen molar-refractivity contribution in [3.05, 3.63) is 64.2 Å². The van der Waals surface area contributed by atoms with Gasteiger partial charge in [-0.25, -0.2) is 4.39 Å². The molecule has 2 amide bonds. The van der Waals surface area contributed by atoms with Crippen molar-refractivity contribution in [1.29, 1.82) is 0 Å². The van der Waals surface area contributed by atoms with E-state index in [4.69, 9.17) is 23.2 Å². The van der Waals surface area contributed by atoms with Gasteiger partial charge in [0.25, 0.3) is 0 Å². The number of halogens is 3. The molecular formula is C28H34Cl2FN3O4. The van der Waals surface area contributed by atoms with Gasteiger partial charge in [0, 0.05) is 27.7 Å². The minimum Gasteiger partial charge on any atom is -0.390 e. The molecule has 1 saturated carbocycles. The van der Waals surface area contributed by atoms with Crippen LogP contribution in [-0.4, -0.2) is 59.0 Å². The number of benzene rings is 1. The largest absolute Gasteiger partial charge is 0.390 e. The Kier molecular flexibility index (Phi) is 8.13. The zero-order chi connectivity index (χ0) is 28.0. The van der Waals surface area contributed by atoms with Crippen LogP contribution >= 0.6 is 23.2 Å². The molecule has 4 rings (SSSR count). The molecule has 2 aliphatic heterocycles. The molecule has 7 atom stereocenters. The number of amides is 2. The van der Waals surface area contributed by atoms with Crippen LogP contribution in [0.5, 0.6) is 0 Å². The number of rotatable bonds is 7. The molecule has 1 aromatic rings. The Bertz CT molecular complexity index is 1200. The minimum absolute atomic E-state index is 0.00402. The van der Waals surface area contributed by atoms with E-state index in [1.807, 2.05) is 6.07 Å². The molecule has 2 heterocycles. The fourth-order valence-corrected chi connectivity index (χ4v) is 6.17. The molecule has 1 aromatic carbocycles. The molecule has 1 saturated heterocycles. The Morgan fingerprint density at radius 2 is 2.05 bits per heavy atom. The molecule has 1 aliphatic carbocycles.